The fraction of sp³-hybridized carbons (Fsp3) is 0.429. The van der Waals surface area contributed by atoms with E-state index < -0.39 is 0 Å². The van der Waals surface area contributed by atoms with Gasteiger partial charge in [-0.15, -0.1) is 0 Å². The largest absolute Gasteiger partial charge is 0.496 e. The lowest BCUT2D eigenvalue weighted by atomic mass is 9.96. The van der Waals surface area contributed by atoms with E-state index in [0.717, 1.165) is 25.1 Å². The molecule has 3 rings (SSSR count). The molecule has 1 aromatic heterocycles. The smallest absolute Gasteiger partial charge is 0.122 e. The molecular weight excluding hydrogens is 212 g/mol. The molecule has 0 saturated carbocycles. The molecule has 3 heteroatoms. The first kappa shape index (κ1) is 10.7. The van der Waals surface area contributed by atoms with E-state index in [4.69, 9.17) is 4.74 Å². The van der Waals surface area contributed by atoms with E-state index in [0.29, 0.717) is 6.04 Å². The molecule has 3 nitrogen and oxygen atoms in total. The Kier molecular flexibility index (Phi) is 2.56. The van der Waals surface area contributed by atoms with Crippen molar-refractivity contribution in [3.8, 4) is 5.75 Å². The van der Waals surface area contributed by atoms with Crippen LogP contribution in [0.1, 0.15) is 18.1 Å². The highest BCUT2D eigenvalue weighted by atomic mass is 16.5. The monoisotopic (exact) mass is 230 g/mol. The van der Waals surface area contributed by atoms with Gasteiger partial charge in [-0.3, -0.25) is 0 Å². The van der Waals surface area contributed by atoms with E-state index in [1.165, 1.54) is 22.0 Å². The van der Waals surface area contributed by atoms with Gasteiger partial charge in [-0.05, 0) is 44.0 Å². The van der Waals surface area contributed by atoms with Gasteiger partial charge in [-0.2, -0.15) is 0 Å². The molecule has 0 bridgehead atoms. The second-order valence-electron chi connectivity index (χ2n) is 4.79. The van der Waals surface area contributed by atoms with Crippen LogP contribution in [0.5, 0.6) is 5.75 Å². The SMILES string of the molecule is COc1ccc2[nH]cc3c2c1CC(C)NCC3. The van der Waals surface area contributed by atoms with E-state index >= 15 is 0 Å². The highest BCUT2D eigenvalue weighted by Gasteiger charge is 2.18. The lowest BCUT2D eigenvalue weighted by molar-refractivity contribution is 0.406. The molecule has 1 aliphatic heterocycles. The van der Waals surface area contributed by atoms with Gasteiger partial charge in [0.15, 0.2) is 0 Å². The molecule has 0 aliphatic carbocycles. The third-order valence-electron chi connectivity index (χ3n) is 3.61. The van der Waals surface area contributed by atoms with E-state index in [9.17, 15) is 0 Å². The van der Waals surface area contributed by atoms with Crippen LogP contribution < -0.4 is 10.1 Å². The second kappa shape index (κ2) is 4.08. The number of rotatable bonds is 1. The number of benzene rings is 1. The third-order valence-corrected chi connectivity index (χ3v) is 3.61. The Hall–Kier alpha value is -1.48. The normalized spacial score (nSPS) is 20.0. The molecule has 0 fully saturated rings. The standard InChI is InChI=1S/C14H18N2O/c1-9-7-11-13(17-2)4-3-12-14(11)10(8-16-12)5-6-15-9/h3-4,8-9,15-16H,5-7H2,1-2H3. The Morgan fingerprint density at radius 1 is 1.35 bits per heavy atom. The maximum atomic E-state index is 5.51. The Labute approximate surface area is 101 Å². The van der Waals surface area contributed by atoms with Gasteiger partial charge in [0, 0.05) is 28.7 Å². The summed E-state index contributed by atoms with van der Waals surface area (Å²) >= 11 is 0. The average molecular weight is 230 g/mol. The Morgan fingerprint density at radius 3 is 3.06 bits per heavy atom. The predicted molar refractivity (Wildman–Crippen MR) is 69.7 cm³/mol. The molecule has 2 aromatic rings. The van der Waals surface area contributed by atoms with E-state index in [2.05, 4.69) is 35.6 Å². The van der Waals surface area contributed by atoms with Crippen molar-refractivity contribution in [2.24, 2.45) is 0 Å². The van der Waals surface area contributed by atoms with Crippen molar-refractivity contribution < 1.29 is 4.74 Å². The van der Waals surface area contributed by atoms with Crippen molar-refractivity contribution in [3.05, 3.63) is 29.5 Å². The molecule has 1 unspecified atom stereocenters. The number of nitrogens with one attached hydrogen (secondary N) is 2. The first-order chi connectivity index (χ1) is 8.29. The molecule has 0 radical (unpaired) electrons. The van der Waals surface area contributed by atoms with Crippen LogP contribution in [0.15, 0.2) is 18.3 Å². The van der Waals surface area contributed by atoms with Crippen molar-refractivity contribution >= 4 is 10.9 Å². The molecule has 0 amide bonds. The van der Waals surface area contributed by atoms with Crippen LogP contribution in [0.4, 0.5) is 0 Å². The topological polar surface area (TPSA) is 37.0 Å². The summed E-state index contributed by atoms with van der Waals surface area (Å²) in [5.74, 6) is 1.01. The van der Waals surface area contributed by atoms with Crippen molar-refractivity contribution in [1.29, 1.82) is 0 Å². The van der Waals surface area contributed by atoms with Gasteiger partial charge in [-0.1, -0.05) is 0 Å². The highest BCUT2D eigenvalue weighted by molar-refractivity contribution is 5.89. The quantitative estimate of drug-likeness (QED) is 0.788. The molecular formula is C14H18N2O. The summed E-state index contributed by atoms with van der Waals surface area (Å²) in [6.07, 6.45) is 4.22. The molecule has 0 spiro atoms. The summed E-state index contributed by atoms with van der Waals surface area (Å²) in [6.45, 7) is 3.28. The van der Waals surface area contributed by atoms with Gasteiger partial charge in [0.05, 0.1) is 7.11 Å². The number of hydrogen-bond acceptors (Lipinski definition) is 2. The van der Waals surface area contributed by atoms with Gasteiger partial charge in [0.25, 0.3) is 0 Å². The molecule has 2 heterocycles. The number of aromatic nitrogens is 1. The summed E-state index contributed by atoms with van der Waals surface area (Å²) in [5, 5.41) is 4.91. The van der Waals surface area contributed by atoms with E-state index in [-0.39, 0.29) is 0 Å². The van der Waals surface area contributed by atoms with Crippen molar-refractivity contribution in [1.82, 2.24) is 10.3 Å². The third kappa shape index (κ3) is 1.71. The minimum absolute atomic E-state index is 0.498. The van der Waals surface area contributed by atoms with Crippen LogP contribution >= 0.6 is 0 Å². The minimum Gasteiger partial charge on any atom is -0.496 e. The molecule has 1 aromatic carbocycles. The Bertz CT molecular complexity index is 544. The zero-order valence-corrected chi connectivity index (χ0v) is 10.3. The van der Waals surface area contributed by atoms with Crippen LogP contribution in [0.3, 0.4) is 0 Å². The number of ether oxygens (including phenoxy) is 1. The lowest BCUT2D eigenvalue weighted by Gasteiger charge is -2.20. The van der Waals surface area contributed by atoms with Crippen molar-refractivity contribution in [3.63, 3.8) is 0 Å². The maximum absolute atomic E-state index is 5.51. The highest BCUT2D eigenvalue weighted by Crippen LogP contribution is 2.32. The zero-order chi connectivity index (χ0) is 11.8. The van der Waals surface area contributed by atoms with Crippen LogP contribution in [0.2, 0.25) is 0 Å². The molecule has 17 heavy (non-hydrogen) atoms. The minimum atomic E-state index is 0.498. The average Bonchev–Trinajstić information content (AvgIpc) is 2.71. The predicted octanol–water partition coefficient (Wildman–Crippen LogP) is 2.25. The fourth-order valence-electron chi connectivity index (χ4n) is 2.78. The Morgan fingerprint density at radius 2 is 2.24 bits per heavy atom. The summed E-state index contributed by atoms with van der Waals surface area (Å²) in [5.41, 5.74) is 3.96. The molecule has 2 N–H and O–H groups in total. The molecule has 0 saturated heterocycles. The fourth-order valence-corrected chi connectivity index (χ4v) is 2.78. The van der Waals surface area contributed by atoms with Gasteiger partial charge in [0.1, 0.15) is 5.75 Å². The molecule has 1 aliphatic rings. The lowest BCUT2D eigenvalue weighted by Crippen LogP contribution is -2.31. The van der Waals surface area contributed by atoms with Crippen molar-refractivity contribution in [2.75, 3.05) is 13.7 Å². The summed E-state index contributed by atoms with van der Waals surface area (Å²) in [7, 11) is 1.75. The second-order valence-corrected chi connectivity index (χ2v) is 4.79. The van der Waals surface area contributed by atoms with Crippen LogP contribution in [0, 0.1) is 0 Å². The van der Waals surface area contributed by atoms with Crippen LogP contribution in [-0.2, 0) is 12.8 Å². The molecule has 90 valence electrons. The number of methoxy groups -OCH3 is 1. The van der Waals surface area contributed by atoms with Gasteiger partial charge in [-0.25, -0.2) is 0 Å². The Balaban J connectivity index is 2.27. The van der Waals surface area contributed by atoms with Crippen molar-refractivity contribution in [2.45, 2.75) is 25.8 Å². The summed E-state index contributed by atoms with van der Waals surface area (Å²) in [4.78, 5) is 3.36. The first-order valence-corrected chi connectivity index (χ1v) is 6.19. The van der Waals surface area contributed by atoms with Gasteiger partial charge >= 0.3 is 0 Å². The van der Waals surface area contributed by atoms with Crippen LogP contribution in [0.25, 0.3) is 10.9 Å². The molecule has 1 atom stereocenters. The first-order valence-electron chi connectivity index (χ1n) is 6.19. The summed E-state index contributed by atoms with van der Waals surface area (Å²) in [6, 6.07) is 4.67. The van der Waals surface area contributed by atoms with Gasteiger partial charge < -0.3 is 15.0 Å². The van der Waals surface area contributed by atoms with Gasteiger partial charge in [0.2, 0.25) is 0 Å². The van der Waals surface area contributed by atoms with E-state index in [1.54, 1.807) is 7.11 Å². The number of hydrogen-bond donors (Lipinski definition) is 2. The summed E-state index contributed by atoms with van der Waals surface area (Å²) < 4.78 is 5.51. The number of aromatic amines is 1. The number of H-pyrrole nitrogens is 1. The zero-order valence-electron chi connectivity index (χ0n) is 10.3. The van der Waals surface area contributed by atoms with Crippen LogP contribution in [-0.4, -0.2) is 24.7 Å². The van der Waals surface area contributed by atoms with E-state index in [1.807, 2.05) is 0 Å². The maximum Gasteiger partial charge on any atom is 0.122 e.